The molecule has 14 aromatic rings. The summed E-state index contributed by atoms with van der Waals surface area (Å²) >= 11 is 0. The molecule has 0 saturated heterocycles. The number of hydrogen-bond acceptors (Lipinski definition) is 3. The van der Waals surface area contributed by atoms with E-state index in [1.54, 1.807) is 0 Å². The Hall–Kier alpha value is -9.12. The van der Waals surface area contributed by atoms with Crippen LogP contribution in [0.5, 0.6) is 0 Å². The zero-order valence-corrected chi connectivity index (χ0v) is 36.8. The molecule has 4 heteroatoms. The van der Waals surface area contributed by atoms with Crippen molar-refractivity contribution < 1.29 is 8.83 Å². The van der Waals surface area contributed by atoms with Crippen LogP contribution in [0.15, 0.2) is 251 Å². The van der Waals surface area contributed by atoms with Gasteiger partial charge in [0, 0.05) is 49.6 Å². The van der Waals surface area contributed by atoms with Gasteiger partial charge in [0.25, 0.3) is 0 Å². The third-order valence-electron chi connectivity index (χ3n) is 13.8. The third kappa shape index (κ3) is 6.01. The van der Waals surface area contributed by atoms with E-state index in [1.807, 2.05) is 12.1 Å². The SMILES string of the molecule is c1cc(-c2ccc(N(c3ccc(-c4ccc5ccccc5c4)cc3)c3ccc(-c4cccc5oc6ccccc6c45)cc3)c3c2oc2ccccc23)cc(-n2c3ccccc3c3ccccc32)c1. The van der Waals surface area contributed by atoms with Gasteiger partial charge < -0.3 is 18.3 Å². The monoisotopic (exact) mass is 868 g/mol. The summed E-state index contributed by atoms with van der Waals surface area (Å²) in [5, 5.41) is 9.30. The first-order valence-corrected chi connectivity index (χ1v) is 23.2. The highest BCUT2D eigenvalue weighted by Crippen LogP contribution is 2.47. The van der Waals surface area contributed by atoms with Gasteiger partial charge in [-0.3, -0.25) is 0 Å². The van der Waals surface area contributed by atoms with E-state index in [9.17, 15) is 0 Å². The fourth-order valence-electron chi connectivity index (χ4n) is 10.6. The highest BCUT2D eigenvalue weighted by molar-refractivity contribution is 6.18. The molecule has 0 saturated carbocycles. The first kappa shape index (κ1) is 38.2. The fourth-order valence-corrected chi connectivity index (χ4v) is 10.6. The van der Waals surface area contributed by atoms with Gasteiger partial charge in [0.05, 0.1) is 22.1 Å². The minimum Gasteiger partial charge on any atom is -0.456 e. The molecule has 3 aromatic heterocycles. The van der Waals surface area contributed by atoms with E-state index in [2.05, 4.69) is 240 Å². The molecule has 0 spiro atoms. The van der Waals surface area contributed by atoms with E-state index < -0.39 is 0 Å². The van der Waals surface area contributed by atoms with Crippen LogP contribution in [0.1, 0.15) is 0 Å². The molecule has 0 aliphatic heterocycles. The molecule has 3 heterocycles. The van der Waals surface area contributed by atoms with Gasteiger partial charge in [-0.25, -0.2) is 0 Å². The lowest BCUT2D eigenvalue weighted by atomic mass is 9.97. The molecule has 68 heavy (non-hydrogen) atoms. The zero-order valence-electron chi connectivity index (χ0n) is 36.8. The van der Waals surface area contributed by atoms with E-state index in [1.165, 1.54) is 38.1 Å². The van der Waals surface area contributed by atoms with Crippen molar-refractivity contribution in [1.29, 1.82) is 0 Å². The molecule has 11 aromatic carbocycles. The smallest absolute Gasteiger partial charge is 0.145 e. The maximum atomic E-state index is 6.99. The summed E-state index contributed by atoms with van der Waals surface area (Å²) in [4.78, 5) is 2.38. The molecular weight excluding hydrogens is 829 g/mol. The Kier molecular flexibility index (Phi) is 8.55. The number of para-hydroxylation sites is 4. The zero-order chi connectivity index (χ0) is 44.7. The molecule has 0 bridgehead atoms. The van der Waals surface area contributed by atoms with Gasteiger partial charge in [-0.15, -0.1) is 0 Å². The Labute approximate surface area is 391 Å². The highest BCUT2D eigenvalue weighted by Gasteiger charge is 2.23. The average Bonchev–Trinajstić information content (AvgIpc) is 4.10. The van der Waals surface area contributed by atoms with Crippen LogP contribution >= 0.6 is 0 Å². The molecule has 0 N–H and O–H groups in total. The predicted molar refractivity (Wildman–Crippen MR) is 284 cm³/mol. The summed E-state index contributed by atoms with van der Waals surface area (Å²) in [6.45, 7) is 0. The summed E-state index contributed by atoms with van der Waals surface area (Å²) in [5.74, 6) is 0. The minimum atomic E-state index is 0.844. The normalized spacial score (nSPS) is 11.8. The average molecular weight is 869 g/mol. The van der Waals surface area contributed by atoms with Crippen LogP contribution in [0.25, 0.3) is 116 Å². The van der Waals surface area contributed by atoms with Gasteiger partial charge in [-0.1, -0.05) is 158 Å². The maximum Gasteiger partial charge on any atom is 0.145 e. The topological polar surface area (TPSA) is 34.5 Å². The summed E-state index contributed by atoms with van der Waals surface area (Å²) in [6, 6.07) is 86.9. The number of nitrogens with zero attached hydrogens (tertiary/aromatic N) is 2. The molecule has 14 rings (SSSR count). The quantitative estimate of drug-likeness (QED) is 0.160. The molecule has 318 valence electrons. The summed E-state index contributed by atoms with van der Waals surface area (Å²) in [7, 11) is 0. The van der Waals surface area contributed by atoms with E-state index >= 15 is 0 Å². The molecular formula is C64H40N2O2. The van der Waals surface area contributed by atoms with E-state index in [4.69, 9.17) is 8.83 Å². The second-order valence-corrected chi connectivity index (χ2v) is 17.6. The van der Waals surface area contributed by atoms with Crippen LogP contribution in [-0.2, 0) is 0 Å². The van der Waals surface area contributed by atoms with E-state index in [0.717, 1.165) is 94.4 Å². The van der Waals surface area contributed by atoms with Gasteiger partial charge in [0.1, 0.15) is 22.3 Å². The van der Waals surface area contributed by atoms with Gasteiger partial charge in [0.15, 0.2) is 0 Å². The largest absolute Gasteiger partial charge is 0.456 e. The summed E-state index contributed by atoms with van der Waals surface area (Å²) in [6.07, 6.45) is 0. The Morgan fingerprint density at radius 2 is 0.897 bits per heavy atom. The number of fused-ring (bicyclic) bond motifs is 10. The number of rotatable bonds is 7. The molecule has 0 amide bonds. The van der Waals surface area contributed by atoms with Crippen molar-refractivity contribution in [3.63, 3.8) is 0 Å². The summed E-state index contributed by atoms with van der Waals surface area (Å²) < 4.78 is 15.7. The maximum absolute atomic E-state index is 6.99. The lowest BCUT2D eigenvalue weighted by Crippen LogP contribution is -2.10. The molecule has 0 unspecified atom stereocenters. The van der Waals surface area contributed by atoms with Crippen molar-refractivity contribution in [2.45, 2.75) is 0 Å². The van der Waals surface area contributed by atoms with Crippen LogP contribution in [0.2, 0.25) is 0 Å². The minimum absolute atomic E-state index is 0.844. The number of furan rings is 2. The van der Waals surface area contributed by atoms with Crippen molar-refractivity contribution in [1.82, 2.24) is 4.57 Å². The lowest BCUT2D eigenvalue weighted by molar-refractivity contribution is 0.669. The van der Waals surface area contributed by atoms with Crippen LogP contribution < -0.4 is 4.90 Å². The third-order valence-corrected chi connectivity index (χ3v) is 13.8. The Bertz CT molecular complexity index is 4210. The number of benzene rings is 11. The van der Waals surface area contributed by atoms with Gasteiger partial charge in [-0.2, -0.15) is 0 Å². The Balaban J connectivity index is 0.947. The van der Waals surface area contributed by atoms with Crippen molar-refractivity contribution >= 4 is 93.5 Å². The van der Waals surface area contributed by atoms with Crippen molar-refractivity contribution in [3.8, 4) is 39.1 Å². The van der Waals surface area contributed by atoms with Crippen molar-refractivity contribution in [2.24, 2.45) is 0 Å². The van der Waals surface area contributed by atoms with E-state index in [0.29, 0.717) is 0 Å². The molecule has 0 radical (unpaired) electrons. The number of anilines is 3. The van der Waals surface area contributed by atoms with Gasteiger partial charge in [-0.05, 0) is 124 Å². The number of hydrogen-bond donors (Lipinski definition) is 0. The van der Waals surface area contributed by atoms with Crippen LogP contribution in [0, 0.1) is 0 Å². The number of aromatic nitrogens is 1. The molecule has 0 aliphatic rings. The highest BCUT2D eigenvalue weighted by atomic mass is 16.3. The van der Waals surface area contributed by atoms with Crippen molar-refractivity contribution in [3.05, 3.63) is 243 Å². The standard InChI is InChI=1S/C64H40N2O2/c1-2-14-44-39-45(28-27-41(44)13-1)42-29-33-47(34-30-42)65(48-35-31-43(32-36-48)50-21-12-26-61-62(50)54-19-5-9-24-59(54)67-61)58-38-37-51(64-63(58)55-20-6-10-25-60(55)68-64)46-15-11-16-49(40-46)66-56-22-7-3-17-52(56)53-18-4-8-23-57(53)66/h1-40H. The van der Waals surface area contributed by atoms with Crippen LogP contribution in [-0.4, -0.2) is 4.57 Å². The van der Waals surface area contributed by atoms with Gasteiger partial charge >= 0.3 is 0 Å². The second-order valence-electron chi connectivity index (χ2n) is 17.6. The predicted octanol–water partition coefficient (Wildman–Crippen LogP) is 18.2. The van der Waals surface area contributed by atoms with Crippen LogP contribution in [0.3, 0.4) is 0 Å². The Morgan fingerprint density at radius 1 is 0.324 bits per heavy atom. The van der Waals surface area contributed by atoms with Gasteiger partial charge in [0.2, 0.25) is 0 Å². The summed E-state index contributed by atoms with van der Waals surface area (Å²) in [5.41, 5.74) is 16.7. The lowest BCUT2D eigenvalue weighted by Gasteiger charge is -2.27. The first-order valence-electron chi connectivity index (χ1n) is 23.2. The Morgan fingerprint density at radius 3 is 1.63 bits per heavy atom. The molecule has 4 nitrogen and oxygen atoms in total. The molecule has 0 atom stereocenters. The van der Waals surface area contributed by atoms with E-state index in [-0.39, 0.29) is 0 Å². The van der Waals surface area contributed by atoms with Crippen molar-refractivity contribution in [2.75, 3.05) is 4.90 Å². The fraction of sp³-hybridized carbons (Fsp3) is 0. The molecule has 0 fully saturated rings. The van der Waals surface area contributed by atoms with Crippen LogP contribution in [0.4, 0.5) is 17.1 Å². The second kappa shape index (κ2) is 15.2. The molecule has 0 aliphatic carbocycles. The first-order chi connectivity index (χ1) is 33.7.